The third-order valence-electron chi connectivity index (χ3n) is 6.69. The van der Waals surface area contributed by atoms with E-state index in [4.69, 9.17) is 20.9 Å². The first kappa shape index (κ1) is 32.4. The van der Waals surface area contributed by atoms with Crippen molar-refractivity contribution in [2.45, 2.75) is 49.1 Å². The molecule has 44 heavy (non-hydrogen) atoms. The number of phosphoric acid groups is 2. The third-order valence-corrected chi connectivity index (χ3v) is 9.26. The van der Waals surface area contributed by atoms with Crippen molar-refractivity contribution in [2.75, 3.05) is 18.9 Å². The van der Waals surface area contributed by atoms with Crippen LogP contribution in [0.15, 0.2) is 37.2 Å². The van der Waals surface area contributed by atoms with Gasteiger partial charge in [0.05, 0.1) is 19.5 Å². The lowest BCUT2D eigenvalue weighted by molar-refractivity contribution is -0.764. The zero-order chi connectivity index (χ0) is 32.0. The number of nitrogen functional groups attached to an aromatic ring is 1. The molecule has 20 nitrogen and oxygen atoms in total. The molecule has 0 bridgehead atoms. The lowest BCUT2D eigenvalue weighted by Gasteiger charge is -2.26. The van der Waals surface area contributed by atoms with Crippen LogP contribution in [0.4, 0.5) is 10.2 Å². The second kappa shape index (κ2) is 12.4. The molecule has 0 aromatic carbocycles. The van der Waals surface area contributed by atoms with Gasteiger partial charge in [-0.2, -0.15) is 4.57 Å². The summed E-state index contributed by atoms with van der Waals surface area (Å²) in [6, 6.07) is 2.72. The molecule has 0 spiro atoms. The van der Waals surface area contributed by atoms with Crippen molar-refractivity contribution in [2.24, 2.45) is 5.73 Å². The topological polar surface area (TPSA) is 301 Å². The Morgan fingerprint density at radius 1 is 1.11 bits per heavy atom. The monoisotopic (exact) mass is 665 g/mol. The Morgan fingerprint density at radius 3 is 2.55 bits per heavy atom. The number of phosphoric ester groups is 2. The number of amides is 1. The maximum Gasteiger partial charge on any atom is 0.478 e. The van der Waals surface area contributed by atoms with Gasteiger partial charge >= 0.3 is 7.82 Å². The summed E-state index contributed by atoms with van der Waals surface area (Å²) < 4.78 is 65.9. The highest BCUT2D eigenvalue weighted by molar-refractivity contribution is 7.60. The molecule has 0 saturated carbocycles. The number of aromatic nitrogens is 5. The van der Waals surface area contributed by atoms with Crippen molar-refractivity contribution < 1.29 is 70.8 Å². The predicted octanol–water partition coefficient (Wildman–Crippen LogP) is -2.67. The average Bonchev–Trinajstić information content (AvgIpc) is 3.61. The van der Waals surface area contributed by atoms with E-state index in [1.54, 1.807) is 0 Å². The number of nitrogens with zero attached hydrogens (tertiary/aromatic N) is 5. The molecule has 0 radical (unpaired) electrons. The van der Waals surface area contributed by atoms with Crippen LogP contribution in [0.2, 0.25) is 0 Å². The summed E-state index contributed by atoms with van der Waals surface area (Å²) in [5, 5.41) is 31.1. The number of halogens is 1. The number of carbonyl (C=O) groups is 1. The smallest absolute Gasteiger partial charge is 0.478 e. The van der Waals surface area contributed by atoms with E-state index in [9.17, 15) is 43.4 Å². The Hall–Kier alpha value is -3.04. The lowest BCUT2D eigenvalue weighted by Crippen LogP contribution is -2.45. The normalized spacial score (nSPS) is 31.6. The van der Waals surface area contributed by atoms with Gasteiger partial charge in [0.1, 0.15) is 47.9 Å². The van der Waals surface area contributed by atoms with Crippen LogP contribution in [0.25, 0.3) is 11.2 Å². The molecule has 3 aromatic heterocycles. The number of aliphatic hydroxyl groups excluding tert-OH is 3. The van der Waals surface area contributed by atoms with Crippen LogP contribution in [-0.4, -0.2) is 95.5 Å². The van der Waals surface area contributed by atoms with Crippen LogP contribution in [0, 0.1) is 0 Å². The van der Waals surface area contributed by atoms with Crippen molar-refractivity contribution in [1.82, 2.24) is 19.5 Å². The van der Waals surface area contributed by atoms with E-state index in [1.807, 2.05) is 0 Å². The maximum atomic E-state index is 14.7. The summed E-state index contributed by atoms with van der Waals surface area (Å²) in [6.07, 6.45) is -8.34. The minimum absolute atomic E-state index is 0.00386. The van der Waals surface area contributed by atoms with Gasteiger partial charge < -0.3 is 50.6 Å². The summed E-state index contributed by atoms with van der Waals surface area (Å²) >= 11 is 0. The van der Waals surface area contributed by atoms with Crippen LogP contribution >= 0.6 is 15.6 Å². The van der Waals surface area contributed by atoms with Gasteiger partial charge in [0.2, 0.25) is 6.17 Å². The first-order valence-corrected chi connectivity index (χ1v) is 15.5. The van der Waals surface area contributed by atoms with E-state index in [1.165, 1.54) is 29.2 Å². The first-order valence-electron chi connectivity index (χ1n) is 12.5. The number of anilines is 1. The van der Waals surface area contributed by atoms with E-state index >= 15 is 0 Å². The Bertz CT molecular complexity index is 1630. The zero-order valence-corrected chi connectivity index (χ0v) is 23.9. The van der Waals surface area contributed by atoms with E-state index in [2.05, 4.69) is 28.3 Å². The minimum atomic E-state index is -5.66. The van der Waals surface area contributed by atoms with Gasteiger partial charge in [0.25, 0.3) is 20.0 Å². The number of fused-ring (bicyclic) bond motifs is 1. The first-order chi connectivity index (χ1) is 20.7. The number of hydrogen-bond donors (Lipinski definition) is 6. The number of aliphatic hydroxyl groups is 3. The SMILES string of the molecule is NC(=O)c1ccc[n+]([C@@H]2O[C@H](COP(=O)([O-])OP(=O)(O)OC[C@H]3O[C@@H](n4cnc5c(N)ncnc54)[C@H](O)[C@@H]3O)[C@@H](O)[C@H]2F)c1. The lowest BCUT2D eigenvalue weighted by atomic mass is 10.1. The van der Waals surface area contributed by atoms with Crippen LogP contribution < -0.4 is 20.9 Å². The van der Waals surface area contributed by atoms with E-state index in [0.29, 0.717) is 0 Å². The highest BCUT2D eigenvalue weighted by atomic mass is 31.3. The molecule has 2 aliphatic rings. The number of rotatable bonds is 11. The molecule has 8 N–H and O–H groups in total. The molecular weight excluding hydrogens is 639 g/mol. The number of primary amides is 1. The Labute approximate surface area is 245 Å². The van der Waals surface area contributed by atoms with Crippen molar-refractivity contribution in [3.8, 4) is 0 Å². The number of nitrogens with two attached hydrogens (primary N) is 2. The Kier molecular flexibility index (Phi) is 9.11. The third kappa shape index (κ3) is 6.64. The molecule has 5 rings (SSSR count). The summed E-state index contributed by atoms with van der Waals surface area (Å²) in [6.45, 7) is -1.98. The van der Waals surface area contributed by atoms with E-state index in [0.717, 1.165) is 17.1 Å². The van der Waals surface area contributed by atoms with Gasteiger partial charge in [-0.15, -0.1) is 0 Å². The Balaban J connectivity index is 1.16. The molecule has 10 atom stereocenters. The van der Waals surface area contributed by atoms with Gasteiger partial charge in [-0.3, -0.25) is 18.5 Å². The second-order valence-corrected chi connectivity index (χ2v) is 12.6. The average molecular weight is 665 g/mol. The van der Waals surface area contributed by atoms with Crippen LogP contribution in [-0.2, 0) is 32.0 Å². The fourth-order valence-corrected chi connectivity index (χ4v) is 6.59. The molecule has 2 fully saturated rings. The number of pyridine rings is 1. The highest BCUT2D eigenvalue weighted by Gasteiger charge is 2.50. The number of alkyl halides is 1. The van der Waals surface area contributed by atoms with Crippen molar-refractivity contribution in [3.05, 3.63) is 42.7 Å². The maximum absolute atomic E-state index is 14.7. The van der Waals surface area contributed by atoms with Gasteiger partial charge in [0.15, 0.2) is 30.1 Å². The molecule has 2 aliphatic heterocycles. The minimum Gasteiger partial charge on any atom is -0.756 e. The van der Waals surface area contributed by atoms with Gasteiger partial charge in [-0.05, 0) is 6.07 Å². The molecule has 240 valence electrons. The summed E-state index contributed by atoms with van der Waals surface area (Å²) in [5.41, 5.74) is 11.3. The summed E-state index contributed by atoms with van der Waals surface area (Å²) in [7, 11) is -11.1. The second-order valence-electron chi connectivity index (χ2n) is 9.62. The van der Waals surface area contributed by atoms with Crippen molar-refractivity contribution in [1.29, 1.82) is 0 Å². The molecular formula is C21H26FN7O13P2. The standard InChI is InChI=1S/C21H26FN7O13P2/c22-12-14(30)10(40-20(12)28-3-1-2-9(4-28)18(24)33)5-38-43(34,35)42-44(36,37)39-6-11-15(31)16(32)21(41-11)29-8-27-13-17(23)25-7-26-19(13)29/h1-4,7-8,10-12,14-16,20-21,30-32H,5-6H2,(H5-,23,24,25,26,33,34,35,36,37)/t10-,11-,12-,14-,15-,16-,20-,21-/m1/s1. The van der Waals surface area contributed by atoms with Crippen LogP contribution in [0.5, 0.6) is 0 Å². The Morgan fingerprint density at radius 2 is 1.82 bits per heavy atom. The number of carbonyl (C=O) groups excluding carboxylic acids is 1. The molecule has 1 amide bonds. The molecule has 0 aliphatic carbocycles. The van der Waals surface area contributed by atoms with E-state index < -0.39 is 83.9 Å². The summed E-state index contributed by atoms with van der Waals surface area (Å²) in [5.74, 6) is -0.776. The molecule has 23 heteroatoms. The molecule has 2 saturated heterocycles. The number of ether oxygens (including phenoxy) is 2. The molecule has 3 aromatic rings. The van der Waals surface area contributed by atoms with Gasteiger partial charge in [-0.1, -0.05) is 0 Å². The number of hydrogen-bond acceptors (Lipinski definition) is 16. The van der Waals surface area contributed by atoms with Crippen LogP contribution in [0.3, 0.4) is 0 Å². The number of imidazole rings is 1. The van der Waals surface area contributed by atoms with Crippen molar-refractivity contribution >= 4 is 38.5 Å². The quantitative estimate of drug-likeness (QED) is 0.0898. The fourth-order valence-electron chi connectivity index (χ4n) is 4.54. The summed E-state index contributed by atoms with van der Waals surface area (Å²) in [4.78, 5) is 45.4. The largest absolute Gasteiger partial charge is 0.756 e. The van der Waals surface area contributed by atoms with Gasteiger partial charge in [-0.25, -0.2) is 28.2 Å². The highest BCUT2D eigenvalue weighted by Crippen LogP contribution is 2.58. The zero-order valence-electron chi connectivity index (χ0n) is 22.1. The van der Waals surface area contributed by atoms with Crippen molar-refractivity contribution in [3.63, 3.8) is 0 Å². The predicted molar refractivity (Wildman–Crippen MR) is 136 cm³/mol. The molecule has 5 heterocycles. The van der Waals surface area contributed by atoms with Gasteiger partial charge in [0, 0.05) is 6.07 Å². The van der Waals surface area contributed by atoms with E-state index in [-0.39, 0.29) is 22.5 Å². The van der Waals surface area contributed by atoms with Crippen LogP contribution in [0.1, 0.15) is 22.8 Å². The fraction of sp³-hybridized carbons (Fsp3) is 0.476. The molecule has 2 unspecified atom stereocenters.